The van der Waals surface area contributed by atoms with Gasteiger partial charge in [0.05, 0.1) is 42.4 Å². The van der Waals surface area contributed by atoms with Gasteiger partial charge >= 0.3 is 6.03 Å². The summed E-state index contributed by atoms with van der Waals surface area (Å²) in [6, 6.07) is 14.0. The van der Waals surface area contributed by atoms with E-state index >= 15 is 0 Å². The molecule has 1 aliphatic heterocycles. The molecule has 3 atom stereocenters. The summed E-state index contributed by atoms with van der Waals surface area (Å²) in [5.74, 6) is -0.599. The molecule has 56 heavy (non-hydrogen) atoms. The van der Waals surface area contributed by atoms with Crippen LogP contribution in [0.1, 0.15) is 63.0 Å². The van der Waals surface area contributed by atoms with Gasteiger partial charge in [0, 0.05) is 54.7 Å². The van der Waals surface area contributed by atoms with Gasteiger partial charge in [0.2, 0.25) is 15.9 Å². The molecule has 0 saturated heterocycles. The second kappa shape index (κ2) is 15.6. The molecule has 2 fully saturated rings. The first-order chi connectivity index (χ1) is 26.8. The zero-order valence-electron chi connectivity index (χ0n) is 32.2. The summed E-state index contributed by atoms with van der Waals surface area (Å²) in [7, 11) is -0.681. The van der Waals surface area contributed by atoms with Crippen molar-refractivity contribution in [1.82, 2.24) is 35.0 Å². The number of amides is 4. The molecule has 296 valence electrons. The highest BCUT2D eigenvalue weighted by Crippen LogP contribution is 2.47. The number of benzene rings is 2. The summed E-state index contributed by atoms with van der Waals surface area (Å²) >= 11 is 0. The predicted molar refractivity (Wildman–Crippen MR) is 212 cm³/mol. The second-order valence-electron chi connectivity index (χ2n) is 15.3. The first-order valence-electron chi connectivity index (χ1n) is 19.1. The fourth-order valence-corrected chi connectivity index (χ4v) is 8.39. The summed E-state index contributed by atoms with van der Waals surface area (Å²) in [5, 5.41) is 11.0. The monoisotopic (exact) mass is 783 g/mol. The van der Waals surface area contributed by atoms with Gasteiger partial charge in [-0.2, -0.15) is 5.10 Å². The van der Waals surface area contributed by atoms with E-state index in [4.69, 9.17) is 14.5 Å². The number of allylic oxidation sites excluding steroid dienone is 1. The SMILES string of the molecule is COc1ccc2c(OCC[C@@H]3NC(=O)N(C)CCCC/C=C\[C@@H]4C[C@@]4(C(=O)NS(=O)(=O)C4(C)CC4)NC3=O)cc(-c3cnn(Cc4ccccc4)c3)nc2c1C. The Kier molecular flexibility index (Phi) is 10.8. The number of nitrogens with one attached hydrogen (secondary N) is 3. The molecule has 15 heteroatoms. The second-order valence-corrected chi connectivity index (χ2v) is 17.5. The van der Waals surface area contributed by atoms with Gasteiger partial charge in [0.1, 0.15) is 23.1 Å². The molecule has 7 rings (SSSR count). The maximum Gasteiger partial charge on any atom is 0.317 e. The van der Waals surface area contributed by atoms with Gasteiger partial charge in [-0.15, -0.1) is 0 Å². The highest BCUT2D eigenvalue weighted by Gasteiger charge is 2.62. The van der Waals surface area contributed by atoms with Crippen molar-refractivity contribution in [3.63, 3.8) is 0 Å². The van der Waals surface area contributed by atoms with Crippen LogP contribution in [0.15, 0.2) is 73.1 Å². The summed E-state index contributed by atoms with van der Waals surface area (Å²) in [6.07, 6.45) is 11.0. The number of hydrogen-bond donors (Lipinski definition) is 3. The highest BCUT2D eigenvalue weighted by atomic mass is 32.2. The number of sulfonamides is 1. The quantitative estimate of drug-likeness (QED) is 0.180. The van der Waals surface area contributed by atoms with Crippen LogP contribution in [0.3, 0.4) is 0 Å². The normalized spacial score (nSPS) is 22.9. The number of nitrogens with zero attached hydrogens (tertiary/aromatic N) is 4. The van der Waals surface area contributed by atoms with Gasteiger partial charge in [-0.05, 0) is 70.1 Å². The molecular formula is C41H49N7O7S. The van der Waals surface area contributed by atoms with Crippen LogP contribution in [0.25, 0.3) is 22.2 Å². The van der Waals surface area contributed by atoms with Crippen molar-refractivity contribution in [2.45, 2.75) is 81.7 Å². The van der Waals surface area contributed by atoms with Crippen LogP contribution in [0.5, 0.6) is 11.5 Å². The fraction of sp³-hybridized carbons (Fsp3) is 0.439. The first kappa shape index (κ1) is 38.8. The lowest BCUT2D eigenvalue weighted by molar-refractivity contribution is -0.130. The maximum atomic E-state index is 14.1. The Morgan fingerprint density at radius 1 is 1.09 bits per heavy atom. The van der Waals surface area contributed by atoms with E-state index in [9.17, 15) is 22.8 Å². The average molecular weight is 784 g/mol. The smallest absolute Gasteiger partial charge is 0.317 e. The van der Waals surface area contributed by atoms with Crippen LogP contribution in [-0.4, -0.2) is 89.6 Å². The van der Waals surface area contributed by atoms with Crippen LogP contribution in [0, 0.1) is 12.8 Å². The lowest BCUT2D eigenvalue weighted by Gasteiger charge is -2.26. The molecule has 0 unspecified atom stereocenters. The Morgan fingerprint density at radius 2 is 1.88 bits per heavy atom. The third-order valence-electron chi connectivity index (χ3n) is 11.2. The third kappa shape index (κ3) is 8.08. The van der Waals surface area contributed by atoms with Gasteiger partial charge in [-0.1, -0.05) is 42.5 Å². The molecule has 2 aromatic heterocycles. The number of carbonyl (C=O) groups is 3. The Bertz CT molecular complexity index is 2270. The Hall–Kier alpha value is -5.44. The van der Waals surface area contributed by atoms with Crippen molar-refractivity contribution >= 4 is 38.8 Å². The number of rotatable bonds is 11. The van der Waals surface area contributed by atoms with Crippen LogP contribution < -0.4 is 24.8 Å². The van der Waals surface area contributed by atoms with E-state index in [0.717, 1.165) is 41.3 Å². The van der Waals surface area contributed by atoms with E-state index in [-0.39, 0.29) is 19.4 Å². The number of hydrogen-bond acceptors (Lipinski definition) is 9. The molecule has 0 radical (unpaired) electrons. The number of aromatic nitrogens is 3. The maximum absolute atomic E-state index is 14.1. The van der Waals surface area contributed by atoms with Crippen molar-refractivity contribution in [2.75, 3.05) is 27.3 Å². The Balaban J connectivity index is 1.14. The highest BCUT2D eigenvalue weighted by molar-refractivity contribution is 7.91. The van der Waals surface area contributed by atoms with Crippen LogP contribution in [0.4, 0.5) is 4.79 Å². The molecule has 4 aromatic rings. The van der Waals surface area contributed by atoms with Crippen molar-refractivity contribution < 1.29 is 32.3 Å². The molecule has 0 spiro atoms. The number of ether oxygens (including phenoxy) is 2. The topological polar surface area (TPSA) is 174 Å². The molecule has 3 aliphatic rings. The third-order valence-corrected chi connectivity index (χ3v) is 13.3. The average Bonchev–Trinajstić information content (AvgIpc) is 4.05. The van der Waals surface area contributed by atoms with Gasteiger partial charge < -0.3 is 25.0 Å². The molecule has 2 aliphatic carbocycles. The minimum atomic E-state index is -3.95. The van der Waals surface area contributed by atoms with Gasteiger partial charge in [-0.25, -0.2) is 18.2 Å². The molecule has 0 bridgehead atoms. The number of pyridine rings is 1. The van der Waals surface area contributed by atoms with Crippen LogP contribution >= 0.6 is 0 Å². The summed E-state index contributed by atoms with van der Waals surface area (Å²) in [6.45, 7) is 4.62. The fourth-order valence-electron chi connectivity index (χ4n) is 7.08. The first-order valence-corrected chi connectivity index (χ1v) is 20.6. The minimum Gasteiger partial charge on any atom is -0.496 e. The van der Waals surface area contributed by atoms with Gasteiger partial charge in [0.25, 0.3) is 5.91 Å². The number of methoxy groups -OCH3 is 1. The zero-order valence-corrected chi connectivity index (χ0v) is 33.0. The largest absolute Gasteiger partial charge is 0.496 e. The van der Waals surface area contributed by atoms with Crippen molar-refractivity contribution in [3.05, 3.63) is 84.2 Å². The minimum absolute atomic E-state index is 0.00818. The molecule has 14 nitrogen and oxygen atoms in total. The van der Waals surface area contributed by atoms with Crippen LogP contribution in [-0.2, 0) is 26.2 Å². The Labute approximate surface area is 327 Å². The van der Waals surface area contributed by atoms with Crippen molar-refractivity contribution in [3.8, 4) is 22.8 Å². The zero-order chi connectivity index (χ0) is 39.7. The van der Waals surface area contributed by atoms with Crippen molar-refractivity contribution in [2.24, 2.45) is 5.92 Å². The van der Waals surface area contributed by atoms with E-state index in [1.165, 1.54) is 4.90 Å². The van der Waals surface area contributed by atoms with Gasteiger partial charge in [-0.3, -0.25) is 19.0 Å². The molecule has 4 amide bonds. The standard InChI is InChI=1S/C41H49N7O7S/c1-27-34(54-4)16-15-31-35(22-33(43-36(27)31)29-24-42-48(26-29)25-28-12-8-7-9-13-28)55-21-17-32-37(49)45-41(38(50)46-56(52,53)40(2)18-19-40)23-30(41)14-10-5-6-11-20-47(3)39(51)44-32/h7-10,12-16,22,24,26,30,32H,5-6,11,17-21,23,25H2,1-4H3,(H,44,51)(H,45,49)(H,46,50)/b14-10-/t30-,32+,41-/m1/s1. The number of urea groups is 1. The lowest BCUT2D eigenvalue weighted by atomic mass is 10.1. The molecule has 3 N–H and O–H groups in total. The van der Waals surface area contributed by atoms with E-state index in [2.05, 4.69) is 20.5 Å². The summed E-state index contributed by atoms with van der Waals surface area (Å²) in [5.41, 5.74) is 2.55. The van der Waals surface area contributed by atoms with Crippen molar-refractivity contribution in [1.29, 1.82) is 0 Å². The molecule has 3 heterocycles. The molecular weight excluding hydrogens is 735 g/mol. The van der Waals surface area contributed by atoms with E-state index in [1.807, 2.05) is 78.5 Å². The van der Waals surface area contributed by atoms with E-state index in [0.29, 0.717) is 48.6 Å². The van der Waals surface area contributed by atoms with Crippen LogP contribution in [0.2, 0.25) is 0 Å². The number of fused-ring (bicyclic) bond motifs is 2. The Morgan fingerprint density at radius 3 is 2.62 bits per heavy atom. The van der Waals surface area contributed by atoms with Gasteiger partial charge in [0.15, 0.2) is 0 Å². The number of aryl methyl sites for hydroxylation is 1. The molecule has 2 saturated carbocycles. The summed E-state index contributed by atoms with van der Waals surface area (Å²) in [4.78, 5) is 47.7. The van der Waals surface area contributed by atoms with E-state index < -0.39 is 50.1 Å². The molecule has 2 aromatic carbocycles. The predicted octanol–water partition coefficient (Wildman–Crippen LogP) is 4.86. The van der Waals surface area contributed by atoms with E-state index in [1.54, 1.807) is 27.3 Å². The number of carbonyl (C=O) groups excluding carboxylic acids is 3. The lowest BCUT2D eigenvalue weighted by Crippen LogP contribution is -2.58. The summed E-state index contributed by atoms with van der Waals surface area (Å²) < 4.78 is 41.3.